The zero-order valence-corrected chi connectivity index (χ0v) is 13.2. The van der Waals surface area contributed by atoms with E-state index in [0.717, 1.165) is 12.2 Å². The van der Waals surface area contributed by atoms with Gasteiger partial charge in [0.2, 0.25) is 0 Å². The van der Waals surface area contributed by atoms with Crippen molar-refractivity contribution in [3.05, 3.63) is 23.7 Å². The van der Waals surface area contributed by atoms with E-state index in [9.17, 15) is 4.79 Å². The van der Waals surface area contributed by atoms with E-state index in [1.165, 1.54) is 64.2 Å². The Morgan fingerprint density at radius 1 is 0.900 bits per heavy atom. The van der Waals surface area contributed by atoms with E-state index < -0.39 is 0 Å². The van der Waals surface area contributed by atoms with Gasteiger partial charge in [0.1, 0.15) is 5.76 Å². The normalized spacial score (nSPS) is 10.9. The third-order valence-electron chi connectivity index (χ3n) is 3.79. The molecule has 1 aromatic rings. The van der Waals surface area contributed by atoms with Crippen molar-refractivity contribution in [1.29, 1.82) is 0 Å². The largest absolute Gasteiger partial charge is 0.458 e. The Balaban J connectivity index is 1.93. The van der Waals surface area contributed by atoms with Crippen LogP contribution in [-0.4, -0.2) is 5.78 Å². The zero-order chi connectivity index (χ0) is 14.6. The molecule has 2 heteroatoms. The first-order valence-electron chi connectivity index (χ1n) is 8.33. The number of hydrogen-bond acceptors (Lipinski definition) is 2. The molecule has 0 aliphatic heterocycles. The molecule has 2 nitrogen and oxygen atoms in total. The second-order valence-corrected chi connectivity index (χ2v) is 5.75. The van der Waals surface area contributed by atoms with E-state index in [4.69, 9.17) is 4.42 Å². The highest BCUT2D eigenvalue weighted by molar-refractivity contribution is 5.91. The maximum absolute atomic E-state index is 11.1. The predicted octanol–water partition coefficient (Wildman–Crippen LogP) is 5.95. The summed E-state index contributed by atoms with van der Waals surface area (Å²) in [6, 6.07) is 3.72. The number of carbonyl (C=O) groups is 1. The first-order chi connectivity index (χ1) is 9.74. The van der Waals surface area contributed by atoms with Crippen LogP contribution < -0.4 is 0 Å². The van der Waals surface area contributed by atoms with Crippen LogP contribution in [0.2, 0.25) is 0 Å². The van der Waals surface area contributed by atoms with Gasteiger partial charge in [-0.25, -0.2) is 0 Å². The smallest absolute Gasteiger partial charge is 0.194 e. The van der Waals surface area contributed by atoms with Gasteiger partial charge >= 0.3 is 0 Å². The minimum absolute atomic E-state index is 0.0133. The molecule has 0 amide bonds. The van der Waals surface area contributed by atoms with Gasteiger partial charge in [0.25, 0.3) is 0 Å². The summed E-state index contributed by atoms with van der Waals surface area (Å²) in [4.78, 5) is 11.1. The van der Waals surface area contributed by atoms with E-state index in [2.05, 4.69) is 6.92 Å². The van der Waals surface area contributed by atoms with Gasteiger partial charge in [-0.2, -0.15) is 0 Å². The van der Waals surface area contributed by atoms with Crippen LogP contribution in [-0.2, 0) is 6.42 Å². The number of Topliss-reactive ketones (excluding diaryl/α,β-unsaturated/α-hetero) is 1. The molecular weight excluding hydrogens is 248 g/mol. The fourth-order valence-corrected chi connectivity index (χ4v) is 2.49. The van der Waals surface area contributed by atoms with Gasteiger partial charge in [0.15, 0.2) is 11.5 Å². The first kappa shape index (κ1) is 17.0. The van der Waals surface area contributed by atoms with Crippen molar-refractivity contribution in [1.82, 2.24) is 0 Å². The SMILES string of the molecule is CCCCCCCCCCCCc1ccc(C(C)=O)o1. The van der Waals surface area contributed by atoms with E-state index in [1.54, 1.807) is 13.0 Å². The van der Waals surface area contributed by atoms with E-state index in [1.807, 2.05) is 6.07 Å². The molecule has 1 rings (SSSR count). The van der Waals surface area contributed by atoms with Crippen LogP contribution in [0.1, 0.15) is 94.4 Å². The number of furan rings is 1. The molecule has 0 unspecified atom stereocenters. The topological polar surface area (TPSA) is 30.2 Å². The number of hydrogen-bond donors (Lipinski definition) is 0. The molecular formula is C18H30O2. The molecule has 0 N–H and O–H groups in total. The second kappa shape index (κ2) is 10.7. The highest BCUT2D eigenvalue weighted by Crippen LogP contribution is 2.14. The van der Waals surface area contributed by atoms with Gasteiger partial charge in [-0.05, 0) is 18.6 Å². The van der Waals surface area contributed by atoms with Crippen LogP contribution in [0.25, 0.3) is 0 Å². The van der Waals surface area contributed by atoms with Crippen LogP contribution in [0.15, 0.2) is 16.5 Å². The molecule has 0 aromatic carbocycles. The summed E-state index contributed by atoms with van der Waals surface area (Å²) < 4.78 is 5.48. The molecule has 0 fully saturated rings. The summed E-state index contributed by atoms with van der Waals surface area (Å²) in [6.07, 6.45) is 14.4. The van der Waals surface area contributed by atoms with Crippen molar-refractivity contribution in [2.45, 2.75) is 84.5 Å². The van der Waals surface area contributed by atoms with Crippen molar-refractivity contribution in [2.75, 3.05) is 0 Å². The van der Waals surface area contributed by atoms with Crippen molar-refractivity contribution in [3.8, 4) is 0 Å². The summed E-state index contributed by atoms with van der Waals surface area (Å²) in [6.45, 7) is 3.81. The predicted molar refractivity (Wildman–Crippen MR) is 84.3 cm³/mol. The molecule has 0 atom stereocenters. The number of aryl methyl sites for hydroxylation is 1. The third-order valence-corrected chi connectivity index (χ3v) is 3.79. The van der Waals surface area contributed by atoms with Crippen LogP contribution in [0.5, 0.6) is 0 Å². The van der Waals surface area contributed by atoms with Crippen LogP contribution >= 0.6 is 0 Å². The molecule has 0 aliphatic rings. The second-order valence-electron chi connectivity index (χ2n) is 5.75. The maximum atomic E-state index is 11.1. The lowest BCUT2D eigenvalue weighted by atomic mass is 10.1. The van der Waals surface area contributed by atoms with Gasteiger partial charge in [-0.15, -0.1) is 0 Å². The molecule has 0 radical (unpaired) electrons. The molecule has 0 aliphatic carbocycles. The lowest BCUT2D eigenvalue weighted by Gasteiger charge is -2.01. The van der Waals surface area contributed by atoms with Gasteiger partial charge in [0.05, 0.1) is 0 Å². The molecule has 1 heterocycles. The van der Waals surface area contributed by atoms with E-state index >= 15 is 0 Å². The fourth-order valence-electron chi connectivity index (χ4n) is 2.49. The lowest BCUT2D eigenvalue weighted by Crippen LogP contribution is -1.87. The van der Waals surface area contributed by atoms with Gasteiger partial charge in [0, 0.05) is 13.3 Å². The summed E-state index contributed by atoms with van der Waals surface area (Å²) in [5.74, 6) is 1.46. The number of rotatable bonds is 12. The highest BCUT2D eigenvalue weighted by atomic mass is 16.3. The van der Waals surface area contributed by atoms with Crippen LogP contribution in [0, 0.1) is 0 Å². The van der Waals surface area contributed by atoms with Gasteiger partial charge < -0.3 is 4.42 Å². The van der Waals surface area contributed by atoms with Crippen molar-refractivity contribution >= 4 is 5.78 Å². The molecule has 0 saturated heterocycles. The molecule has 0 spiro atoms. The quantitative estimate of drug-likeness (QED) is 0.349. The third kappa shape index (κ3) is 7.52. The van der Waals surface area contributed by atoms with E-state index in [-0.39, 0.29) is 5.78 Å². The molecule has 0 bridgehead atoms. The number of ketones is 1. The average molecular weight is 278 g/mol. The lowest BCUT2D eigenvalue weighted by molar-refractivity contribution is 0.0985. The summed E-state index contributed by atoms with van der Waals surface area (Å²) >= 11 is 0. The molecule has 114 valence electrons. The molecule has 20 heavy (non-hydrogen) atoms. The Morgan fingerprint density at radius 2 is 1.45 bits per heavy atom. The van der Waals surface area contributed by atoms with Crippen molar-refractivity contribution in [3.63, 3.8) is 0 Å². The van der Waals surface area contributed by atoms with E-state index in [0.29, 0.717) is 5.76 Å². The van der Waals surface area contributed by atoms with Crippen molar-refractivity contribution < 1.29 is 9.21 Å². The first-order valence-corrected chi connectivity index (χ1v) is 8.33. The van der Waals surface area contributed by atoms with Crippen LogP contribution in [0.4, 0.5) is 0 Å². The standard InChI is InChI=1S/C18H30O2/c1-3-4-5-6-7-8-9-10-11-12-13-17-14-15-18(20-17)16(2)19/h14-15H,3-13H2,1-2H3. The summed E-state index contributed by atoms with van der Waals surface area (Å²) in [5.41, 5.74) is 0. The van der Waals surface area contributed by atoms with Gasteiger partial charge in [-0.1, -0.05) is 64.7 Å². The number of unbranched alkanes of at least 4 members (excludes halogenated alkanes) is 9. The highest BCUT2D eigenvalue weighted by Gasteiger charge is 2.05. The monoisotopic (exact) mass is 278 g/mol. The Hall–Kier alpha value is -1.05. The number of carbonyl (C=O) groups excluding carboxylic acids is 1. The maximum Gasteiger partial charge on any atom is 0.194 e. The zero-order valence-electron chi connectivity index (χ0n) is 13.2. The molecule has 0 saturated carbocycles. The Kier molecular flexibility index (Phi) is 9.10. The fraction of sp³-hybridized carbons (Fsp3) is 0.722. The van der Waals surface area contributed by atoms with Crippen LogP contribution in [0.3, 0.4) is 0 Å². The summed E-state index contributed by atoms with van der Waals surface area (Å²) in [5, 5.41) is 0. The Morgan fingerprint density at radius 3 is 1.95 bits per heavy atom. The average Bonchev–Trinajstić information content (AvgIpc) is 2.90. The molecule has 1 aromatic heterocycles. The van der Waals surface area contributed by atoms with Crippen molar-refractivity contribution in [2.24, 2.45) is 0 Å². The Bertz CT molecular complexity index is 365. The minimum atomic E-state index is 0.0133. The Labute approximate surface area is 123 Å². The minimum Gasteiger partial charge on any atom is -0.458 e. The summed E-state index contributed by atoms with van der Waals surface area (Å²) in [7, 11) is 0. The van der Waals surface area contributed by atoms with Gasteiger partial charge in [-0.3, -0.25) is 4.79 Å².